The number of halogens is 1. The number of hydrogen-bond donors (Lipinski definition) is 3. The van der Waals surface area contributed by atoms with E-state index in [0.29, 0.717) is 5.15 Å². The van der Waals surface area contributed by atoms with Crippen molar-refractivity contribution in [3.63, 3.8) is 0 Å². The first-order chi connectivity index (χ1) is 18.8. The fourth-order valence-electron chi connectivity index (χ4n) is 4.07. The monoisotopic (exact) mass is 543 g/mol. The van der Waals surface area contributed by atoms with Crippen molar-refractivity contribution in [1.29, 1.82) is 0 Å². The van der Waals surface area contributed by atoms with Gasteiger partial charge in [-0.3, -0.25) is 4.79 Å². The van der Waals surface area contributed by atoms with E-state index in [9.17, 15) is 4.79 Å². The molecule has 0 aliphatic heterocycles. The Balaban J connectivity index is 0.000000202. The first-order valence-corrected chi connectivity index (χ1v) is 13.0. The predicted octanol–water partition coefficient (Wildman–Crippen LogP) is 5.40. The van der Waals surface area contributed by atoms with Gasteiger partial charge in [0.2, 0.25) is 17.8 Å². The molecule has 0 aliphatic carbocycles. The zero-order chi connectivity index (χ0) is 27.9. The average molecular weight is 544 g/mol. The third kappa shape index (κ3) is 6.91. The fourth-order valence-corrected chi connectivity index (χ4v) is 4.22. The van der Waals surface area contributed by atoms with Crippen LogP contribution in [0.25, 0.3) is 33.3 Å². The number of benzene rings is 1. The van der Waals surface area contributed by atoms with Gasteiger partial charge in [-0.05, 0) is 49.2 Å². The standard InChI is InChI=1S/C18H19N5O.C10H11ClN4/c1-3-4-15-17-16(23-18(19)22-15)10-9-14(21-17)12-5-7-13(8-6-12)20-11(2)24;1-2-3-6-9-7(14-10(12)13-6)4-5-8(11)15-9/h5-10H,3-4H2,1-2H3,(H,20,24)(H2,19,22,23);4-5H,2-3H2,1H3,(H2,12,13,14). The van der Waals surface area contributed by atoms with Crippen molar-refractivity contribution in [2.24, 2.45) is 0 Å². The van der Waals surface area contributed by atoms with Crippen molar-refractivity contribution in [2.75, 3.05) is 16.8 Å². The van der Waals surface area contributed by atoms with Crippen LogP contribution in [-0.4, -0.2) is 35.8 Å². The average Bonchev–Trinajstić information content (AvgIpc) is 2.90. The number of aryl methyl sites for hydroxylation is 2. The number of nitrogens with zero attached hydrogens (tertiary/aromatic N) is 6. The van der Waals surface area contributed by atoms with Crippen LogP contribution in [-0.2, 0) is 17.6 Å². The van der Waals surface area contributed by atoms with Crippen LogP contribution in [0.5, 0.6) is 0 Å². The highest BCUT2D eigenvalue weighted by molar-refractivity contribution is 6.29. The molecule has 0 unspecified atom stereocenters. The van der Waals surface area contributed by atoms with E-state index in [1.807, 2.05) is 42.5 Å². The Hall–Kier alpha value is -4.44. The van der Waals surface area contributed by atoms with Crippen molar-refractivity contribution in [2.45, 2.75) is 46.5 Å². The molecule has 1 amide bonds. The van der Waals surface area contributed by atoms with Crippen LogP contribution >= 0.6 is 11.6 Å². The zero-order valence-corrected chi connectivity index (χ0v) is 22.8. The van der Waals surface area contributed by atoms with Crippen LogP contribution < -0.4 is 16.8 Å². The maximum atomic E-state index is 11.1. The number of carbonyl (C=O) groups is 1. The summed E-state index contributed by atoms with van der Waals surface area (Å²) in [5.74, 6) is 0.473. The number of nitrogens with one attached hydrogen (secondary N) is 1. The number of aromatic nitrogens is 6. The quantitative estimate of drug-likeness (QED) is 0.238. The van der Waals surface area contributed by atoms with E-state index in [4.69, 9.17) is 28.1 Å². The molecular formula is C28H30ClN9O. The van der Waals surface area contributed by atoms with Gasteiger partial charge in [-0.25, -0.2) is 29.9 Å². The summed E-state index contributed by atoms with van der Waals surface area (Å²) in [6.07, 6.45) is 3.58. The highest BCUT2D eigenvalue weighted by Gasteiger charge is 2.10. The van der Waals surface area contributed by atoms with Crippen LogP contribution in [0.2, 0.25) is 5.15 Å². The highest BCUT2D eigenvalue weighted by atomic mass is 35.5. The van der Waals surface area contributed by atoms with Crippen molar-refractivity contribution in [3.05, 3.63) is 65.1 Å². The molecule has 39 heavy (non-hydrogen) atoms. The number of rotatable bonds is 6. The van der Waals surface area contributed by atoms with Gasteiger partial charge in [-0.15, -0.1) is 0 Å². The van der Waals surface area contributed by atoms with Gasteiger partial charge in [0, 0.05) is 18.2 Å². The summed E-state index contributed by atoms with van der Waals surface area (Å²) in [6.45, 7) is 5.66. The molecule has 0 fully saturated rings. The normalized spacial score (nSPS) is 10.8. The number of nitrogen functional groups attached to an aromatic ring is 2. The van der Waals surface area contributed by atoms with Gasteiger partial charge in [0.1, 0.15) is 16.2 Å². The predicted molar refractivity (Wildman–Crippen MR) is 156 cm³/mol. The largest absolute Gasteiger partial charge is 0.368 e. The number of hydrogen-bond acceptors (Lipinski definition) is 9. The molecule has 5 rings (SSSR count). The Labute approximate surface area is 231 Å². The molecule has 0 saturated carbocycles. The Morgan fingerprint density at radius 2 is 1.28 bits per heavy atom. The molecule has 5 aromatic rings. The van der Waals surface area contributed by atoms with E-state index >= 15 is 0 Å². The minimum absolute atomic E-state index is 0.0921. The van der Waals surface area contributed by atoms with Crippen LogP contribution in [0.1, 0.15) is 45.0 Å². The lowest BCUT2D eigenvalue weighted by Gasteiger charge is -2.08. The third-order valence-corrected chi connectivity index (χ3v) is 5.91. The second-order valence-corrected chi connectivity index (χ2v) is 9.27. The van der Waals surface area contributed by atoms with E-state index < -0.39 is 0 Å². The van der Waals surface area contributed by atoms with Gasteiger partial charge in [-0.1, -0.05) is 50.4 Å². The molecule has 0 spiro atoms. The molecule has 4 heterocycles. The summed E-state index contributed by atoms with van der Waals surface area (Å²) in [5.41, 5.74) is 18.7. The molecule has 0 atom stereocenters. The molecule has 5 N–H and O–H groups in total. The molecule has 200 valence electrons. The SMILES string of the molecule is CCCc1nc(N)nc2ccc(-c3ccc(NC(C)=O)cc3)nc12.CCCc1nc(N)nc2ccc(Cl)nc12. The summed E-state index contributed by atoms with van der Waals surface area (Å²) >= 11 is 5.83. The van der Waals surface area contributed by atoms with Crippen LogP contribution in [0, 0.1) is 0 Å². The van der Waals surface area contributed by atoms with E-state index in [2.05, 4.69) is 44.1 Å². The summed E-state index contributed by atoms with van der Waals surface area (Å²) in [6, 6.07) is 14.9. The van der Waals surface area contributed by atoms with Crippen LogP contribution in [0.4, 0.5) is 17.6 Å². The topological polar surface area (TPSA) is 158 Å². The first kappa shape index (κ1) is 27.6. The molecule has 0 radical (unpaired) electrons. The molecule has 0 bridgehead atoms. The van der Waals surface area contributed by atoms with Gasteiger partial charge >= 0.3 is 0 Å². The summed E-state index contributed by atoms with van der Waals surface area (Å²) in [7, 11) is 0. The number of carbonyl (C=O) groups excluding carboxylic acids is 1. The molecule has 0 aliphatic rings. The minimum atomic E-state index is -0.0921. The number of fused-ring (bicyclic) bond motifs is 2. The number of amides is 1. The number of nitrogens with two attached hydrogens (primary N) is 2. The first-order valence-electron chi connectivity index (χ1n) is 12.7. The van der Waals surface area contributed by atoms with Crippen molar-refractivity contribution in [1.82, 2.24) is 29.9 Å². The molecule has 10 nitrogen and oxygen atoms in total. The van der Waals surface area contributed by atoms with Crippen LogP contribution in [0.3, 0.4) is 0 Å². The van der Waals surface area contributed by atoms with Crippen molar-refractivity contribution >= 4 is 57.2 Å². The second kappa shape index (κ2) is 12.4. The molecule has 11 heteroatoms. The Kier molecular flexibility index (Phi) is 8.77. The van der Waals surface area contributed by atoms with Crippen molar-refractivity contribution < 1.29 is 4.79 Å². The van der Waals surface area contributed by atoms with E-state index in [1.54, 1.807) is 6.07 Å². The summed E-state index contributed by atoms with van der Waals surface area (Å²) < 4.78 is 0. The summed E-state index contributed by atoms with van der Waals surface area (Å²) in [4.78, 5) is 36.9. The van der Waals surface area contributed by atoms with E-state index in [1.165, 1.54) is 6.92 Å². The van der Waals surface area contributed by atoms with Crippen molar-refractivity contribution in [3.8, 4) is 11.3 Å². The van der Waals surface area contributed by atoms with E-state index in [0.717, 1.165) is 76.1 Å². The maximum Gasteiger partial charge on any atom is 0.221 e. The lowest BCUT2D eigenvalue weighted by atomic mass is 10.1. The Bertz CT molecular complexity index is 1620. The molecule has 1 aromatic carbocycles. The zero-order valence-electron chi connectivity index (χ0n) is 22.1. The molecule has 4 aromatic heterocycles. The van der Waals surface area contributed by atoms with E-state index in [-0.39, 0.29) is 17.8 Å². The van der Waals surface area contributed by atoms with Gasteiger partial charge in [-0.2, -0.15) is 0 Å². The highest BCUT2D eigenvalue weighted by Crippen LogP contribution is 2.24. The third-order valence-electron chi connectivity index (χ3n) is 5.70. The van der Waals surface area contributed by atoms with Gasteiger partial charge in [0.25, 0.3) is 0 Å². The summed E-state index contributed by atoms with van der Waals surface area (Å²) in [5, 5.41) is 3.20. The lowest BCUT2D eigenvalue weighted by molar-refractivity contribution is -0.114. The number of anilines is 3. The maximum absolute atomic E-state index is 11.1. The van der Waals surface area contributed by atoms with Gasteiger partial charge in [0.15, 0.2) is 0 Å². The smallest absolute Gasteiger partial charge is 0.221 e. The molecular weight excluding hydrogens is 514 g/mol. The Morgan fingerprint density at radius 1 is 0.744 bits per heavy atom. The van der Waals surface area contributed by atoms with Gasteiger partial charge < -0.3 is 16.8 Å². The van der Waals surface area contributed by atoms with Gasteiger partial charge in [0.05, 0.1) is 28.1 Å². The second-order valence-electron chi connectivity index (χ2n) is 8.88. The minimum Gasteiger partial charge on any atom is -0.368 e. The van der Waals surface area contributed by atoms with Crippen LogP contribution in [0.15, 0.2) is 48.5 Å². The lowest BCUT2D eigenvalue weighted by Crippen LogP contribution is -2.05. The number of pyridine rings is 2. The fraction of sp³-hybridized carbons (Fsp3) is 0.250. The molecule has 0 saturated heterocycles. The Morgan fingerprint density at radius 3 is 1.82 bits per heavy atom.